The summed E-state index contributed by atoms with van der Waals surface area (Å²) in [5.41, 5.74) is 3.59. The van der Waals surface area contributed by atoms with Gasteiger partial charge in [-0.1, -0.05) is 30.3 Å². The lowest BCUT2D eigenvalue weighted by molar-refractivity contribution is 0.220. The summed E-state index contributed by atoms with van der Waals surface area (Å²) < 4.78 is 5.13. The van der Waals surface area contributed by atoms with Crippen LogP contribution in [0.4, 0.5) is 0 Å². The Balaban J connectivity index is 1.92. The number of rotatable bonds is 2. The van der Waals surface area contributed by atoms with Gasteiger partial charge in [-0.25, -0.2) is 0 Å². The molecule has 1 unspecified atom stereocenters. The summed E-state index contributed by atoms with van der Waals surface area (Å²) >= 11 is 0. The molecule has 0 saturated heterocycles. The van der Waals surface area contributed by atoms with E-state index < -0.39 is 13.2 Å². The second kappa shape index (κ2) is 5.10. The van der Waals surface area contributed by atoms with Crippen LogP contribution in [0.2, 0.25) is 0 Å². The predicted molar refractivity (Wildman–Crippen MR) is 74.1 cm³/mol. The minimum Gasteiger partial charge on any atom is -0.423 e. The number of hydrogen-bond acceptors (Lipinski definition) is 4. The van der Waals surface area contributed by atoms with Gasteiger partial charge in [0.05, 0.1) is 18.2 Å². The Morgan fingerprint density at radius 1 is 1.15 bits per heavy atom. The fourth-order valence-electron chi connectivity index (χ4n) is 2.34. The van der Waals surface area contributed by atoms with E-state index in [1.807, 2.05) is 18.2 Å². The van der Waals surface area contributed by atoms with Gasteiger partial charge in [0.1, 0.15) is 6.10 Å². The van der Waals surface area contributed by atoms with Crippen LogP contribution >= 0.6 is 0 Å². The van der Waals surface area contributed by atoms with E-state index in [4.69, 9.17) is 9.92 Å². The molecule has 0 saturated carbocycles. The Hall–Kier alpha value is -2.13. The van der Waals surface area contributed by atoms with E-state index in [0.717, 1.165) is 5.56 Å². The number of fused-ring (bicyclic) bond motifs is 1. The van der Waals surface area contributed by atoms with Gasteiger partial charge < -0.3 is 14.8 Å². The molecule has 0 amide bonds. The van der Waals surface area contributed by atoms with Crippen molar-refractivity contribution in [2.24, 2.45) is 0 Å². The molecule has 1 atom stereocenters. The maximum Gasteiger partial charge on any atom is 0.491 e. The van der Waals surface area contributed by atoms with Gasteiger partial charge in [-0.05, 0) is 34.3 Å². The summed E-state index contributed by atoms with van der Waals surface area (Å²) in [5.74, 6) is 0. The van der Waals surface area contributed by atoms with Gasteiger partial charge in [0.2, 0.25) is 0 Å². The molecule has 2 aromatic rings. The van der Waals surface area contributed by atoms with E-state index >= 15 is 0 Å². The molecular weight excluding hydrogens is 253 g/mol. The van der Waals surface area contributed by atoms with Gasteiger partial charge in [0.25, 0.3) is 0 Å². The molecule has 0 bridgehead atoms. The standard InChI is InChI=1S/C15H12BNO3/c17-8-10-1-3-11(4-2-10)15(18)12-5-6-13-9-20-16(19)14(13)7-12/h1-7,15,18-19H,9H2. The predicted octanol–water partition coefficient (Wildman–Crippen LogP) is 0.858. The Labute approximate surface area is 117 Å². The Morgan fingerprint density at radius 3 is 2.55 bits per heavy atom. The third kappa shape index (κ3) is 2.21. The van der Waals surface area contributed by atoms with Crippen molar-refractivity contribution in [3.63, 3.8) is 0 Å². The number of aliphatic hydroxyl groups excluding tert-OH is 1. The first-order valence-corrected chi connectivity index (χ1v) is 6.29. The van der Waals surface area contributed by atoms with Crippen LogP contribution in [-0.2, 0) is 11.3 Å². The van der Waals surface area contributed by atoms with E-state index in [9.17, 15) is 10.1 Å². The SMILES string of the molecule is N#Cc1ccc(C(O)c2ccc3c(c2)B(O)OC3)cc1. The summed E-state index contributed by atoms with van der Waals surface area (Å²) in [5, 5.41) is 28.8. The maximum atomic E-state index is 10.4. The molecule has 4 nitrogen and oxygen atoms in total. The van der Waals surface area contributed by atoms with Gasteiger partial charge in [-0.15, -0.1) is 0 Å². The Bertz CT molecular complexity index is 679. The highest BCUT2D eigenvalue weighted by Crippen LogP contribution is 2.23. The fourth-order valence-corrected chi connectivity index (χ4v) is 2.34. The topological polar surface area (TPSA) is 73.5 Å². The molecule has 0 aromatic heterocycles. The van der Waals surface area contributed by atoms with Crippen LogP contribution < -0.4 is 5.46 Å². The highest BCUT2D eigenvalue weighted by molar-refractivity contribution is 6.61. The summed E-state index contributed by atoms with van der Waals surface area (Å²) in [6.07, 6.45) is -0.791. The van der Waals surface area contributed by atoms with Crippen molar-refractivity contribution in [3.05, 3.63) is 64.7 Å². The molecule has 0 fully saturated rings. The van der Waals surface area contributed by atoms with Gasteiger partial charge in [0, 0.05) is 0 Å². The van der Waals surface area contributed by atoms with Crippen LogP contribution in [0.25, 0.3) is 0 Å². The highest BCUT2D eigenvalue weighted by Gasteiger charge is 2.28. The van der Waals surface area contributed by atoms with Gasteiger partial charge >= 0.3 is 7.12 Å². The van der Waals surface area contributed by atoms with Crippen LogP contribution in [0.5, 0.6) is 0 Å². The molecule has 3 rings (SSSR count). The van der Waals surface area contributed by atoms with Crippen LogP contribution in [0, 0.1) is 11.3 Å². The van der Waals surface area contributed by atoms with Crippen LogP contribution in [-0.4, -0.2) is 17.2 Å². The minimum absolute atomic E-state index is 0.393. The third-order valence-electron chi connectivity index (χ3n) is 3.50. The van der Waals surface area contributed by atoms with Crippen molar-refractivity contribution >= 4 is 12.6 Å². The average Bonchev–Trinajstić information content (AvgIpc) is 2.87. The zero-order chi connectivity index (χ0) is 14.1. The average molecular weight is 265 g/mol. The Morgan fingerprint density at radius 2 is 1.85 bits per heavy atom. The number of nitrogens with zero attached hydrogens (tertiary/aromatic N) is 1. The molecule has 1 aliphatic rings. The minimum atomic E-state index is -0.918. The zero-order valence-electron chi connectivity index (χ0n) is 10.7. The lowest BCUT2D eigenvalue weighted by Gasteiger charge is -2.13. The van der Waals surface area contributed by atoms with E-state index in [1.165, 1.54) is 0 Å². The molecule has 0 aliphatic carbocycles. The molecule has 2 N–H and O–H groups in total. The zero-order valence-corrected chi connectivity index (χ0v) is 10.7. The molecule has 0 spiro atoms. The van der Waals surface area contributed by atoms with Gasteiger partial charge in [0.15, 0.2) is 0 Å². The first kappa shape index (κ1) is 12.9. The summed E-state index contributed by atoms with van der Waals surface area (Å²) in [6, 6.07) is 14.3. The normalized spacial score (nSPS) is 14.8. The van der Waals surface area contributed by atoms with Crippen molar-refractivity contribution in [3.8, 4) is 6.07 Å². The van der Waals surface area contributed by atoms with Crippen molar-refractivity contribution < 1.29 is 14.8 Å². The molecule has 1 aliphatic heterocycles. The number of benzene rings is 2. The van der Waals surface area contributed by atoms with E-state index in [-0.39, 0.29) is 0 Å². The summed E-state index contributed by atoms with van der Waals surface area (Å²) in [7, 11) is -0.918. The van der Waals surface area contributed by atoms with Crippen molar-refractivity contribution in [2.45, 2.75) is 12.7 Å². The monoisotopic (exact) mass is 265 g/mol. The first-order chi connectivity index (χ1) is 9.69. The van der Waals surface area contributed by atoms with Crippen LogP contribution in [0.15, 0.2) is 42.5 Å². The number of aliphatic hydroxyl groups is 1. The van der Waals surface area contributed by atoms with Gasteiger partial charge in [-0.3, -0.25) is 0 Å². The molecule has 5 heteroatoms. The number of nitriles is 1. The van der Waals surface area contributed by atoms with Gasteiger partial charge in [-0.2, -0.15) is 5.26 Å². The first-order valence-electron chi connectivity index (χ1n) is 6.29. The Kier molecular flexibility index (Phi) is 3.29. The molecule has 0 radical (unpaired) electrons. The summed E-state index contributed by atoms with van der Waals surface area (Å²) in [4.78, 5) is 0. The molecule has 20 heavy (non-hydrogen) atoms. The molecular formula is C15H12BNO3. The van der Waals surface area contributed by atoms with E-state index in [0.29, 0.717) is 28.8 Å². The second-order valence-electron chi connectivity index (χ2n) is 4.76. The third-order valence-corrected chi connectivity index (χ3v) is 3.50. The van der Waals surface area contributed by atoms with Crippen molar-refractivity contribution in [2.75, 3.05) is 0 Å². The maximum absolute atomic E-state index is 10.4. The summed E-state index contributed by atoms with van der Waals surface area (Å²) in [6.45, 7) is 0.393. The van der Waals surface area contributed by atoms with Crippen LogP contribution in [0.3, 0.4) is 0 Å². The fraction of sp³-hybridized carbons (Fsp3) is 0.133. The highest BCUT2D eigenvalue weighted by atomic mass is 16.5. The number of hydrogen-bond donors (Lipinski definition) is 2. The quantitative estimate of drug-likeness (QED) is 0.790. The van der Waals surface area contributed by atoms with Crippen LogP contribution in [0.1, 0.15) is 28.4 Å². The smallest absolute Gasteiger partial charge is 0.423 e. The second-order valence-corrected chi connectivity index (χ2v) is 4.76. The lowest BCUT2D eigenvalue weighted by Crippen LogP contribution is -2.28. The molecule has 98 valence electrons. The van der Waals surface area contributed by atoms with Crippen molar-refractivity contribution in [1.82, 2.24) is 0 Å². The van der Waals surface area contributed by atoms with E-state index in [2.05, 4.69) is 0 Å². The molecule has 2 aromatic carbocycles. The lowest BCUT2D eigenvalue weighted by atomic mass is 9.78. The van der Waals surface area contributed by atoms with E-state index in [1.54, 1.807) is 30.3 Å². The van der Waals surface area contributed by atoms with Crippen molar-refractivity contribution in [1.29, 1.82) is 5.26 Å². The largest absolute Gasteiger partial charge is 0.491 e. The molecule has 1 heterocycles.